The summed E-state index contributed by atoms with van der Waals surface area (Å²) in [5.41, 5.74) is 1.10. The number of piperidine rings is 1. The van der Waals surface area contributed by atoms with Gasteiger partial charge in [0.05, 0.1) is 0 Å². The molecular formula is C18H25N3O4. The molecule has 7 nitrogen and oxygen atoms in total. The fourth-order valence-electron chi connectivity index (χ4n) is 3.24. The molecule has 1 unspecified atom stereocenters. The first-order valence-corrected chi connectivity index (χ1v) is 8.80. The van der Waals surface area contributed by atoms with Crippen molar-refractivity contribution in [1.82, 2.24) is 15.5 Å². The molecule has 0 saturated carbocycles. The number of nitrogens with one attached hydrogen (secondary N) is 2. The van der Waals surface area contributed by atoms with Crippen molar-refractivity contribution >= 4 is 11.9 Å². The van der Waals surface area contributed by atoms with Crippen LogP contribution in [0.5, 0.6) is 11.5 Å². The summed E-state index contributed by atoms with van der Waals surface area (Å²) in [5, 5.41) is 5.85. The van der Waals surface area contributed by atoms with Crippen LogP contribution in [0.4, 0.5) is 4.79 Å². The van der Waals surface area contributed by atoms with E-state index in [1.165, 1.54) is 6.92 Å². The summed E-state index contributed by atoms with van der Waals surface area (Å²) in [7, 11) is 0. The minimum atomic E-state index is -0.0763. The van der Waals surface area contributed by atoms with Crippen LogP contribution in [0, 0.1) is 0 Å². The van der Waals surface area contributed by atoms with Crippen molar-refractivity contribution in [3.8, 4) is 11.5 Å². The Balaban J connectivity index is 1.45. The second-order valence-corrected chi connectivity index (χ2v) is 6.45. The number of carbonyl (C=O) groups excluding carboxylic acids is 2. The standard InChI is InChI=1S/C18H25N3O4/c1-13(22)20-15-3-2-8-21(12-15)18(23)19-7-6-14-4-5-16-17(11-14)25-10-9-24-16/h4-5,11,15H,2-3,6-10,12H2,1H3,(H,19,23)(H,20,22). The number of hydrogen-bond acceptors (Lipinski definition) is 4. The van der Waals surface area contributed by atoms with Gasteiger partial charge in [0.25, 0.3) is 0 Å². The molecule has 2 aliphatic heterocycles. The van der Waals surface area contributed by atoms with E-state index < -0.39 is 0 Å². The Morgan fingerprint density at radius 3 is 2.84 bits per heavy atom. The van der Waals surface area contributed by atoms with Gasteiger partial charge in [-0.15, -0.1) is 0 Å². The number of fused-ring (bicyclic) bond motifs is 1. The van der Waals surface area contributed by atoms with Crippen LogP contribution in [0.2, 0.25) is 0 Å². The van der Waals surface area contributed by atoms with Crippen molar-refractivity contribution in [2.24, 2.45) is 0 Å². The molecule has 0 spiro atoms. The van der Waals surface area contributed by atoms with E-state index in [-0.39, 0.29) is 18.0 Å². The van der Waals surface area contributed by atoms with Crippen LogP contribution in [0.15, 0.2) is 18.2 Å². The molecule has 25 heavy (non-hydrogen) atoms. The van der Waals surface area contributed by atoms with Gasteiger partial charge in [0.15, 0.2) is 11.5 Å². The van der Waals surface area contributed by atoms with Crippen molar-refractivity contribution in [2.75, 3.05) is 32.8 Å². The molecule has 0 aliphatic carbocycles. The summed E-state index contributed by atoms with van der Waals surface area (Å²) in [5.74, 6) is 1.49. The summed E-state index contributed by atoms with van der Waals surface area (Å²) in [6.07, 6.45) is 2.55. The van der Waals surface area contributed by atoms with Gasteiger partial charge in [-0.05, 0) is 37.0 Å². The van der Waals surface area contributed by atoms with Gasteiger partial charge in [-0.2, -0.15) is 0 Å². The van der Waals surface area contributed by atoms with Crippen LogP contribution in [-0.4, -0.2) is 55.7 Å². The highest BCUT2D eigenvalue weighted by Crippen LogP contribution is 2.30. The third-order valence-corrected chi connectivity index (χ3v) is 4.41. The van der Waals surface area contributed by atoms with E-state index in [0.717, 1.165) is 42.9 Å². The minimum Gasteiger partial charge on any atom is -0.486 e. The lowest BCUT2D eigenvalue weighted by atomic mass is 10.1. The Morgan fingerprint density at radius 1 is 1.24 bits per heavy atom. The Bertz CT molecular complexity index is 635. The molecule has 0 aromatic heterocycles. The summed E-state index contributed by atoms with van der Waals surface area (Å²) in [6.45, 7) is 4.50. The van der Waals surface area contributed by atoms with Crippen molar-refractivity contribution in [3.05, 3.63) is 23.8 Å². The molecule has 0 bridgehead atoms. The zero-order valence-electron chi connectivity index (χ0n) is 14.5. The predicted octanol–water partition coefficient (Wildman–Crippen LogP) is 1.31. The summed E-state index contributed by atoms with van der Waals surface area (Å²) in [6, 6.07) is 5.85. The van der Waals surface area contributed by atoms with Gasteiger partial charge in [0.2, 0.25) is 5.91 Å². The second-order valence-electron chi connectivity index (χ2n) is 6.45. The summed E-state index contributed by atoms with van der Waals surface area (Å²) in [4.78, 5) is 25.3. The Labute approximate surface area is 147 Å². The fourth-order valence-corrected chi connectivity index (χ4v) is 3.24. The largest absolute Gasteiger partial charge is 0.486 e. The summed E-state index contributed by atoms with van der Waals surface area (Å²) >= 11 is 0. The minimum absolute atomic E-state index is 0.0501. The number of likely N-dealkylation sites (tertiary alicyclic amines) is 1. The zero-order valence-corrected chi connectivity index (χ0v) is 14.5. The van der Waals surface area contributed by atoms with Gasteiger partial charge in [-0.1, -0.05) is 6.07 Å². The normalized spacial score (nSPS) is 19.2. The highest BCUT2D eigenvalue weighted by atomic mass is 16.6. The first-order chi connectivity index (χ1) is 12.1. The Hall–Kier alpha value is -2.44. The van der Waals surface area contributed by atoms with Gasteiger partial charge in [-0.3, -0.25) is 4.79 Å². The van der Waals surface area contributed by atoms with Gasteiger partial charge >= 0.3 is 6.03 Å². The molecular weight excluding hydrogens is 322 g/mol. The van der Waals surface area contributed by atoms with Crippen LogP contribution in [0.1, 0.15) is 25.3 Å². The van der Waals surface area contributed by atoms with E-state index in [4.69, 9.17) is 9.47 Å². The first-order valence-electron chi connectivity index (χ1n) is 8.80. The molecule has 3 rings (SSSR count). The zero-order chi connectivity index (χ0) is 17.6. The monoisotopic (exact) mass is 347 g/mol. The summed E-state index contributed by atoms with van der Waals surface area (Å²) < 4.78 is 11.1. The Morgan fingerprint density at radius 2 is 2.04 bits per heavy atom. The van der Waals surface area contributed by atoms with Crippen molar-refractivity contribution < 1.29 is 19.1 Å². The number of urea groups is 1. The van der Waals surface area contributed by atoms with E-state index in [1.807, 2.05) is 18.2 Å². The van der Waals surface area contributed by atoms with E-state index in [9.17, 15) is 9.59 Å². The van der Waals surface area contributed by atoms with E-state index >= 15 is 0 Å². The Kier molecular flexibility index (Phi) is 5.63. The SMILES string of the molecule is CC(=O)NC1CCCN(C(=O)NCCc2ccc3c(c2)OCCO3)C1. The quantitative estimate of drug-likeness (QED) is 0.861. The van der Waals surface area contributed by atoms with Crippen molar-refractivity contribution in [3.63, 3.8) is 0 Å². The molecule has 2 heterocycles. The fraction of sp³-hybridized carbons (Fsp3) is 0.556. The molecule has 7 heteroatoms. The van der Waals surface area contributed by atoms with Gasteiger partial charge in [-0.25, -0.2) is 4.79 Å². The van der Waals surface area contributed by atoms with Crippen molar-refractivity contribution in [1.29, 1.82) is 0 Å². The first kappa shape index (κ1) is 17.4. The highest BCUT2D eigenvalue weighted by molar-refractivity contribution is 5.75. The number of amides is 3. The van der Waals surface area contributed by atoms with Crippen molar-refractivity contribution in [2.45, 2.75) is 32.2 Å². The number of ether oxygens (including phenoxy) is 2. The number of carbonyl (C=O) groups is 2. The number of benzene rings is 1. The molecule has 1 saturated heterocycles. The van der Waals surface area contributed by atoms with Crippen LogP contribution in [0.3, 0.4) is 0 Å². The third kappa shape index (κ3) is 4.78. The molecule has 0 radical (unpaired) electrons. The van der Waals surface area contributed by atoms with Gasteiger partial charge < -0.3 is 25.0 Å². The average molecular weight is 347 g/mol. The maximum absolute atomic E-state index is 12.3. The van der Waals surface area contributed by atoms with Crippen LogP contribution < -0.4 is 20.1 Å². The maximum Gasteiger partial charge on any atom is 0.317 e. The number of rotatable bonds is 4. The van der Waals surface area contributed by atoms with Crippen LogP contribution in [-0.2, 0) is 11.2 Å². The lowest BCUT2D eigenvalue weighted by molar-refractivity contribution is -0.119. The lowest BCUT2D eigenvalue weighted by Crippen LogP contribution is -2.52. The molecule has 3 amide bonds. The van der Waals surface area contributed by atoms with Crippen LogP contribution >= 0.6 is 0 Å². The molecule has 1 aromatic carbocycles. The predicted molar refractivity (Wildman–Crippen MR) is 92.9 cm³/mol. The average Bonchev–Trinajstić information content (AvgIpc) is 2.61. The van der Waals surface area contributed by atoms with Gasteiger partial charge in [0, 0.05) is 32.6 Å². The molecule has 136 valence electrons. The number of nitrogens with zero attached hydrogens (tertiary/aromatic N) is 1. The molecule has 1 aromatic rings. The smallest absolute Gasteiger partial charge is 0.317 e. The van der Waals surface area contributed by atoms with E-state index in [2.05, 4.69) is 10.6 Å². The molecule has 1 atom stereocenters. The lowest BCUT2D eigenvalue weighted by Gasteiger charge is -2.33. The molecule has 1 fully saturated rings. The third-order valence-electron chi connectivity index (χ3n) is 4.41. The highest BCUT2D eigenvalue weighted by Gasteiger charge is 2.23. The maximum atomic E-state index is 12.3. The number of hydrogen-bond donors (Lipinski definition) is 2. The van der Waals surface area contributed by atoms with E-state index in [1.54, 1.807) is 4.90 Å². The molecule has 2 aliphatic rings. The molecule has 2 N–H and O–H groups in total. The topological polar surface area (TPSA) is 79.9 Å². The van der Waals surface area contributed by atoms with Crippen LogP contribution in [0.25, 0.3) is 0 Å². The van der Waals surface area contributed by atoms with E-state index in [0.29, 0.717) is 26.3 Å². The van der Waals surface area contributed by atoms with Gasteiger partial charge in [0.1, 0.15) is 13.2 Å². The second kappa shape index (κ2) is 8.09.